The van der Waals surface area contributed by atoms with Gasteiger partial charge in [0.15, 0.2) is 0 Å². The molecule has 0 saturated carbocycles. The van der Waals surface area contributed by atoms with Crippen LogP contribution < -0.4 is 11.1 Å². The van der Waals surface area contributed by atoms with E-state index < -0.39 is 0 Å². The number of amides is 1. The van der Waals surface area contributed by atoms with E-state index in [-0.39, 0.29) is 11.9 Å². The SMILES string of the molecule is NC1CN(CC(=O)NCc2ccc(Cl)cc2)C1. The number of hydrogen-bond donors (Lipinski definition) is 2. The van der Waals surface area contributed by atoms with Crippen LogP contribution in [0.4, 0.5) is 0 Å². The van der Waals surface area contributed by atoms with Crippen molar-refractivity contribution in [3.8, 4) is 0 Å². The summed E-state index contributed by atoms with van der Waals surface area (Å²) in [6.45, 7) is 2.60. The molecule has 0 aliphatic carbocycles. The second-order valence-corrected chi connectivity index (χ2v) is 4.79. The molecule has 3 N–H and O–H groups in total. The van der Waals surface area contributed by atoms with Crippen LogP contribution in [-0.4, -0.2) is 36.5 Å². The Morgan fingerprint density at radius 2 is 2.06 bits per heavy atom. The average molecular weight is 254 g/mol. The third-order valence-corrected chi connectivity index (χ3v) is 3.01. The van der Waals surface area contributed by atoms with Gasteiger partial charge in [-0.05, 0) is 17.7 Å². The monoisotopic (exact) mass is 253 g/mol. The summed E-state index contributed by atoms with van der Waals surface area (Å²) in [5.74, 6) is 0.0341. The van der Waals surface area contributed by atoms with Crippen molar-refractivity contribution in [1.29, 1.82) is 0 Å². The summed E-state index contributed by atoms with van der Waals surface area (Å²) in [6.07, 6.45) is 0. The fraction of sp³-hybridized carbons (Fsp3) is 0.417. The van der Waals surface area contributed by atoms with Crippen LogP contribution >= 0.6 is 11.6 Å². The van der Waals surface area contributed by atoms with Gasteiger partial charge in [-0.25, -0.2) is 0 Å². The van der Waals surface area contributed by atoms with Gasteiger partial charge < -0.3 is 11.1 Å². The van der Waals surface area contributed by atoms with Crippen LogP contribution in [-0.2, 0) is 11.3 Å². The normalized spacial score (nSPS) is 16.6. The van der Waals surface area contributed by atoms with E-state index in [4.69, 9.17) is 17.3 Å². The number of nitrogens with one attached hydrogen (secondary N) is 1. The van der Waals surface area contributed by atoms with Gasteiger partial charge in [-0.15, -0.1) is 0 Å². The lowest BCUT2D eigenvalue weighted by molar-refractivity contribution is -0.123. The van der Waals surface area contributed by atoms with Crippen molar-refractivity contribution in [2.45, 2.75) is 12.6 Å². The van der Waals surface area contributed by atoms with Crippen LogP contribution in [0.25, 0.3) is 0 Å². The molecule has 1 aromatic carbocycles. The van der Waals surface area contributed by atoms with Gasteiger partial charge in [-0.2, -0.15) is 0 Å². The van der Waals surface area contributed by atoms with Crippen molar-refractivity contribution < 1.29 is 4.79 Å². The molecular weight excluding hydrogens is 238 g/mol. The van der Waals surface area contributed by atoms with E-state index in [2.05, 4.69) is 5.32 Å². The lowest BCUT2D eigenvalue weighted by Gasteiger charge is -2.36. The molecule has 0 bridgehead atoms. The minimum Gasteiger partial charge on any atom is -0.351 e. The smallest absolute Gasteiger partial charge is 0.234 e. The van der Waals surface area contributed by atoms with E-state index in [1.54, 1.807) is 0 Å². The number of carbonyl (C=O) groups is 1. The molecule has 0 aromatic heterocycles. The van der Waals surface area contributed by atoms with Gasteiger partial charge in [0.2, 0.25) is 5.91 Å². The fourth-order valence-corrected chi connectivity index (χ4v) is 1.93. The number of carbonyl (C=O) groups excluding carboxylic acids is 1. The molecule has 1 fully saturated rings. The number of nitrogens with zero attached hydrogens (tertiary/aromatic N) is 1. The van der Waals surface area contributed by atoms with Crippen LogP contribution in [0.3, 0.4) is 0 Å². The first kappa shape index (κ1) is 12.4. The van der Waals surface area contributed by atoms with Gasteiger partial charge in [-0.1, -0.05) is 23.7 Å². The van der Waals surface area contributed by atoms with Crippen LogP contribution in [0.2, 0.25) is 5.02 Å². The quantitative estimate of drug-likeness (QED) is 0.826. The Labute approximate surface area is 106 Å². The first-order chi connectivity index (χ1) is 8.13. The summed E-state index contributed by atoms with van der Waals surface area (Å²) in [6, 6.07) is 7.68. The summed E-state index contributed by atoms with van der Waals surface area (Å²) < 4.78 is 0. The Bertz CT molecular complexity index is 387. The Balaban J connectivity index is 1.70. The number of benzene rings is 1. The Morgan fingerprint density at radius 1 is 1.41 bits per heavy atom. The number of likely N-dealkylation sites (tertiary alicyclic amines) is 1. The zero-order valence-electron chi connectivity index (χ0n) is 9.53. The molecule has 0 radical (unpaired) electrons. The first-order valence-corrected chi connectivity index (χ1v) is 6.00. The molecular formula is C12H16ClN3O. The maximum Gasteiger partial charge on any atom is 0.234 e. The van der Waals surface area contributed by atoms with Crippen molar-refractivity contribution in [3.05, 3.63) is 34.9 Å². The third kappa shape index (κ3) is 3.70. The Morgan fingerprint density at radius 3 is 2.65 bits per heavy atom. The Hall–Kier alpha value is -1.10. The topological polar surface area (TPSA) is 58.4 Å². The maximum absolute atomic E-state index is 11.6. The van der Waals surface area contributed by atoms with Crippen LogP contribution in [0.15, 0.2) is 24.3 Å². The molecule has 2 rings (SSSR count). The van der Waals surface area contributed by atoms with E-state index in [0.29, 0.717) is 18.1 Å². The van der Waals surface area contributed by atoms with Crippen LogP contribution in [0.5, 0.6) is 0 Å². The van der Waals surface area contributed by atoms with Gasteiger partial charge in [0.1, 0.15) is 0 Å². The molecule has 92 valence electrons. The molecule has 0 unspecified atom stereocenters. The van der Waals surface area contributed by atoms with Crippen molar-refractivity contribution in [1.82, 2.24) is 10.2 Å². The van der Waals surface area contributed by atoms with Crippen molar-refractivity contribution in [3.63, 3.8) is 0 Å². The summed E-state index contributed by atoms with van der Waals surface area (Å²) in [5, 5.41) is 3.57. The highest BCUT2D eigenvalue weighted by Crippen LogP contribution is 2.09. The van der Waals surface area contributed by atoms with Crippen molar-refractivity contribution >= 4 is 17.5 Å². The fourth-order valence-electron chi connectivity index (χ4n) is 1.80. The molecule has 1 aliphatic heterocycles. The standard InChI is InChI=1S/C12H16ClN3O/c13-10-3-1-9(2-4-10)5-15-12(17)8-16-6-11(14)7-16/h1-4,11H,5-8,14H2,(H,15,17). The molecule has 1 aromatic rings. The van der Waals surface area contributed by atoms with E-state index >= 15 is 0 Å². The zero-order chi connectivity index (χ0) is 12.3. The summed E-state index contributed by atoms with van der Waals surface area (Å²) in [7, 11) is 0. The number of nitrogens with two attached hydrogens (primary N) is 1. The molecule has 0 atom stereocenters. The lowest BCUT2D eigenvalue weighted by atomic mass is 10.1. The second kappa shape index (κ2) is 5.49. The Kier molecular flexibility index (Phi) is 3.99. The summed E-state index contributed by atoms with van der Waals surface area (Å²) in [4.78, 5) is 13.6. The zero-order valence-corrected chi connectivity index (χ0v) is 10.3. The van der Waals surface area contributed by atoms with E-state index in [1.807, 2.05) is 29.2 Å². The highest BCUT2D eigenvalue weighted by Gasteiger charge is 2.24. The average Bonchev–Trinajstić information content (AvgIpc) is 2.26. The lowest BCUT2D eigenvalue weighted by Crippen LogP contribution is -2.57. The minimum atomic E-state index is 0.0341. The van der Waals surface area contributed by atoms with Crippen LogP contribution in [0, 0.1) is 0 Å². The van der Waals surface area contributed by atoms with E-state index in [0.717, 1.165) is 18.7 Å². The predicted octanol–water partition coefficient (Wildman–Crippen LogP) is 0.599. The van der Waals surface area contributed by atoms with Gasteiger partial charge in [0, 0.05) is 30.7 Å². The van der Waals surface area contributed by atoms with Gasteiger partial charge in [-0.3, -0.25) is 9.69 Å². The van der Waals surface area contributed by atoms with Gasteiger partial charge in [0.25, 0.3) is 0 Å². The van der Waals surface area contributed by atoms with Crippen molar-refractivity contribution in [2.24, 2.45) is 5.73 Å². The molecule has 0 spiro atoms. The number of rotatable bonds is 4. The molecule has 17 heavy (non-hydrogen) atoms. The minimum absolute atomic E-state index is 0.0341. The first-order valence-electron chi connectivity index (χ1n) is 5.62. The highest BCUT2D eigenvalue weighted by atomic mass is 35.5. The molecule has 1 saturated heterocycles. The maximum atomic E-state index is 11.6. The second-order valence-electron chi connectivity index (χ2n) is 4.36. The summed E-state index contributed by atoms with van der Waals surface area (Å²) in [5.41, 5.74) is 6.68. The summed E-state index contributed by atoms with van der Waals surface area (Å²) >= 11 is 5.78. The molecule has 1 heterocycles. The van der Waals surface area contributed by atoms with Crippen LogP contribution in [0.1, 0.15) is 5.56 Å². The highest BCUT2D eigenvalue weighted by molar-refractivity contribution is 6.30. The van der Waals surface area contributed by atoms with Crippen molar-refractivity contribution in [2.75, 3.05) is 19.6 Å². The largest absolute Gasteiger partial charge is 0.351 e. The number of halogens is 1. The third-order valence-electron chi connectivity index (χ3n) is 2.76. The van der Waals surface area contributed by atoms with Gasteiger partial charge in [0.05, 0.1) is 6.54 Å². The predicted molar refractivity (Wildman–Crippen MR) is 67.7 cm³/mol. The van der Waals surface area contributed by atoms with Gasteiger partial charge >= 0.3 is 0 Å². The molecule has 1 amide bonds. The molecule has 1 aliphatic rings. The molecule has 4 nitrogen and oxygen atoms in total. The van der Waals surface area contributed by atoms with E-state index in [1.165, 1.54) is 0 Å². The van der Waals surface area contributed by atoms with E-state index in [9.17, 15) is 4.79 Å². The number of hydrogen-bond acceptors (Lipinski definition) is 3. The molecule has 5 heteroatoms.